The van der Waals surface area contributed by atoms with Crippen molar-refractivity contribution in [3.05, 3.63) is 127 Å². The molecule has 41 heavy (non-hydrogen) atoms. The second-order valence-electron chi connectivity index (χ2n) is 8.85. The topological polar surface area (TPSA) is 17.4 Å². The van der Waals surface area contributed by atoms with Gasteiger partial charge in [-0.2, -0.15) is 0 Å². The number of hydrogen-bond acceptors (Lipinski definition) is 2. The predicted octanol–water partition coefficient (Wildman–Crippen LogP) is 11.7. The summed E-state index contributed by atoms with van der Waals surface area (Å²) >= 11 is 0. The number of ether oxygens (including phenoxy) is 1. The lowest BCUT2D eigenvalue weighted by atomic mass is 10.2. The van der Waals surface area contributed by atoms with Crippen LogP contribution in [-0.4, -0.2) is 11.6 Å². The molecule has 0 spiro atoms. The molecular weight excluding hydrogens is 500 g/mol. The van der Waals surface area contributed by atoms with Gasteiger partial charge in [0.15, 0.2) is 0 Å². The first kappa shape index (κ1) is 31.0. The third-order valence-corrected chi connectivity index (χ3v) is 6.56. The van der Waals surface area contributed by atoms with Gasteiger partial charge in [0.05, 0.1) is 11.0 Å². The van der Waals surface area contributed by atoms with Crippen LogP contribution in [0, 0.1) is 6.92 Å². The van der Waals surface area contributed by atoms with Gasteiger partial charge in [-0.15, -0.1) is 0 Å². The van der Waals surface area contributed by atoms with Crippen LogP contribution in [0.5, 0.6) is 11.5 Å². The molecule has 0 fully saturated rings. The van der Waals surface area contributed by atoms with Crippen LogP contribution in [0.15, 0.2) is 121 Å². The SMILES string of the molecule is CC.CC.CC.Cc1ccc(Oc2ccc(N(C)c3ccc(-n4c5ccccc5c5ccccc54)cc3)cc2)cc1. The van der Waals surface area contributed by atoms with Crippen molar-refractivity contribution in [1.82, 2.24) is 4.57 Å². The molecule has 0 atom stereocenters. The van der Waals surface area contributed by atoms with Crippen molar-refractivity contribution in [3.8, 4) is 17.2 Å². The Morgan fingerprint density at radius 3 is 1.34 bits per heavy atom. The van der Waals surface area contributed by atoms with Gasteiger partial charge in [-0.05, 0) is 79.7 Å². The van der Waals surface area contributed by atoms with Gasteiger partial charge in [0, 0.05) is 34.9 Å². The molecule has 0 aliphatic rings. The largest absolute Gasteiger partial charge is 0.457 e. The summed E-state index contributed by atoms with van der Waals surface area (Å²) in [5.74, 6) is 1.67. The molecule has 0 saturated carbocycles. The van der Waals surface area contributed by atoms with Gasteiger partial charge in [0.2, 0.25) is 0 Å². The summed E-state index contributed by atoms with van der Waals surface area (Å²) in [5, 5.41) is 2.55. The lowest BCUT2D eigenvalue weighted by Crippen LogP contribution is -2.09. The van der Waals surface area contributed by atoms with Crippen LogP contribution < -0.4 is 9.64 Å². The number of anilines is 2. The predicted molar refractivity (Wildman–Crippen MR) is 181 cm³/mol. The fourth-order valence-corrected chi connectivity index (χ4v) is 4.66. The molecule has 0 amide bonds. The van der Waals surface area contributed by atoms with Crippen molar-refractivity contribution < 1.29 is 4.74 Å². The molecule has 0 N–H and O–H groups in total. The van der Waals surface area contributed by atoms with Gasteiger partial charge in [0.25, 0.3) is 0 Å². The van der Waals surface area contributed by atoms with E-state index in [4.69, 9.17) is 4.74 Å². The highest BCUT2D eigenvalue weighted by molar-refractivity contribution is 6.09. The zero-order valence-corrected chi connectivity index (χ0v) is 25.8. The first-order valence-electron chi connectivity index (χ1n) is 14.8. The Bertz CT molecular complexity index is 1560. The molecule has 212 valence electrons. The molecule has 6 aromatic rings. The molecule has 5 aromatic carbocycles. The van der Waals surface area contributed by atoms with Crippen LogP contribution in [-0.2, 0) is 0 Å². The van der Waals surface area contributed by atoms with Crippen LogP contribution in [0.25, 0.3) is 27.5 Å². The number of benzene rings is 5. The van der Waals surface area contributed by atoms with Crippen molar-refractivity contribution in [1.29, 1.82) is 0 Å². The minimum Gasteiger partial charge on any atom is -0.457 e. The Balaban J connectivity index is 0.000000725. The Hall–Kier alpha value is -4.50. The zero-order valence-electron chi connectivity index (χ0n) is 25.8. The molecule has 0 bridgehead atoms. The van der Waals surface area contributed by atoms with E-state index >= 15 is 0 Å². The van der Waals surface area contributed by atoms with Gasteiger partial charge < -0.3 is 14.2 Å². The van der Waals surface area contributed by atoms with E-state index < -0.39 is 0 Å². The highest BCUT2D eigenvalue weighted by atomic mass is 16.5. The van der Waals surface area contributed by atoms with E-state index in [1.54, 1.807) is 0 Å². The molecule has 3 heteroatoms. The van der Waals surface area contributed by atoms with Crippen LogP contribution in [0.3, 0.4) is 0 Å². The van der Waals surface area contributed by atoms with Gasteiger partial charge in [-0.3, -0.25) is 0 Å². The van der Waals surface area contributed by atoms with Crippen molar-refractivity contribution >= 4 is 33.2 Å². The maximum atomic E-state index is 5.98. The van der Waals surface area contributed by atoms with Crippen LogP contribution in [0.2, 0.25) is 0 Å². The number of fused-ring (bicyclic) bond motifs is 3. The van der Waals surface area contributed by atoms with E-state index in [1.807, 2.05) is 65.8 Å². The van der Waals surface area contributed by atoms with Crippen molar-refractivity contribution in [2.24, 2.45) is 0 Å². The maximum Gasteiger partial charge on any atom is 0.127 e. The molecule has 1 heterocycles. The molecule has 3 nitrogen and oxygen atoms in total. The first-order chi connectivity index (χ1) is 20.2. The zero-order chi connectivity index (χ0) is 29.8. The lowest BCUT2D eigenvalue weighted by Gasteiger charge is -2.20. The molecule has 0 aliphatic heterocycles. The van der Waals surface area contributed by atoms with E-state index in [0.29, 0.717) is 0 Å². The fourth-order valence-electron chi connectivity index (χ4n) is 4.66. The van der Waals surface area contributed by atoms with Crippen molar-refractivity contribution in [2.45, 2.75) is 48.5 Å². The lowest BCUT2D eigenvalue weighted by molar-refractivity contribution is 0.482. The first-order valence-corrected chi connectivity index (χ1v) is 14.8. The molecule has 0 radical (unpaired) electrons. The summed E-state index contributed by atoms with van der Waals surface area (Å²) in [6.45, 7) is 14.1. The summed E-state index contributed by atoms with van der Waals surface area (Å²) in [6.07, 6.45) is 0. The summed E-state index contributed by atoms with van der Waals surface area (Å²) in [4.78, 5) is 2.19. The monoisotopic (exact) mass is 544 g/mol. The number of aryl methyl sites for hydroxylation is 1. The second kappa shape index (κ2) is 15.3. The highest BCUT2D eigenvalue weighted by Crippen LogP contribution is 2.33. The normalized spacial score (nSPS) is 9.95. The molecule has 0 unspecified atom stereocenters. The molecule has 0 aliphatic carbocycles. The van der Waals surface area contributed by atoms with E-state index in [1.165, 1.54) is 27.4 Å². The second-order valence-corrected chi connectivity index (χ2v) is 8.85. The number of rotatable bonds is 5. The molecule has 0 saturated heterocycles. The van der Waals surface area contributed by atoms with E-state index in [9.17, 15) is 0 Å². The molecule has 1 aromatic heterocycles. The molecule has 6 rings (SSSR count). The Morgan fingerprint density at radius 2 is 0.878 bits per heavy atom. The van der Waals surface area contributed by atoms with Crippen molar-refractivity contribution in [3.63, 3.8) is 0 Å². The van der Waals surface area contributed by atoms with Gasteiger partial charge >= 0.3 is 0 Å². The molecular formula is C38H44N2O. The summed E-state index contributed by atoms with van der Waals surface area (Å²) in [5.41, 5.74) is 7.05. The number of aromatic nitrogens is 1. The van der Waals surface area contributed by atoms with Gasteiger partial charge in [-0.1, -0.05) is 95.6 Å². The van der Waals surface area contributed by atoms with Crippen LogP contribution in [0.1, 0.15) is 47.1 Å². The van der Waals surface area contributed by atoms with Gasteiger partial charge in [0.1, 0.15) is 11.5 Å². The minimum absolute atomic E-state index is 0.827. The third kappa shape index (κ3) is 6.99. The Morgan fingerprint density at radius 1 is 0.488 bits per heavy atom. The standard InChI is InChI=1S/C32H26N2O.3C2H6/c1-23-11-19-27(20-12-23)35-28-21-17-25(18-22-28)33(2)24-13-15-26(16-14-24)34-31-9-5-3-7-29(31)30-8-4-6-10-32(30)34;3*1-2/h3-22H,1-2H3;3*1-2H3. The highest BCUT2D eigenvalue weighted by Gasteiger charge is 2.12. The maximum absolute atomic E-state index is 5.98. The Kier molecular flexibility index (Phi) is 11.6. The summed E-state index contributed by atoms with van der Waals surface area (Å²) in [7, 11) is 2.09. The quantitative estimate of drug-likeness (QED) is 0.215. The van der Waals surface area contributed by atoms with E-state index in [-0.39, 0.29) is 0 Å². The number of hydrogen-bond donors (Lipinski definition) is 0. The average molecular weight is 545 g/mol. The minimum atomic E-state index is 0.827. The van der Waals surface area contributed by atoms with E-state index in [2.05, 4.69) is 121 Å². The number of para-hydroxylation sites is 2. The van der Waals surface area contributed by atoms with Crippen molar-refractivity contribution in [2.75, 3.05) is 11.9 Å². The Labute approximate surface area is 246 Å². The number of nitrogens with zero attached hydrogens (tertiary/aromatic N) is 2. The fraction of sp³-hybridized carbons (Fsp3) is 0.211. The summed E-state index contributed by atoms with van der Waals surface area (Å²) in [6, 6.07) is 42.2. The van der Waals surface area contributed by atoms with E-state index in [0.717, 1.165) is 28.6 Å². The van der Waals surface area contributed by atoms with Gasteiger partial charge in [-0.25, -0.2) is 0 Å². The summed E-state index contributed by atoms with van der Waals surface area (Å²) < 4.78 is 8.32. The smallest absolute Gasteiger partial charge is 0.127 e. The average Bonchev–Trinajstić information content (AvgIpc) is 3.40. The van der Waals surface area contributed by atoms with Crippen LogP contribution >= 0.6 is 0 Å². The third-order valence-electron chi connectivity index (χ3n) is 6.56. The van der Waals surface area contributed by atoms with Crippen LogP contribution in [0.4, 0.5) is 11.4 Å².